The number of unbranched alkanes of at least 4 members (excludes halogenated alkanes) is 1. The van der Waals surface area contributed by atoms with E-state index in [1.165, 1.54) is 7.11 Å². The minimum absolute atomic E-state index is 0. The van der Waals surface area contributed by atoms with Crippen molar-refractivity contribution in [3.05, 3.63) is 0 Å². The number of hydrogen-bond donors (Lipinski definition) is 1. The van der Waals surface area contributed by atoms with Gasteiger partial charge in [-0.25, -0.2) is 4.79 Å². The van der Waals surface area contributed by atoms with Gasteiger partial charge in [0.25, 0.3) is 0 Å². The van der Waals surface area contributed by atoms with Crippen LogP contribution >= 0.6 is 12.4 Å². The van der Waals surface area contributed by atoms with Crippen molar-refractivity contribution in [2.24, 2.45) is 0 Å². The lowest BCUT2D eigenvalue weighted by Gasteiger charge is -1.98. The van der Waals surface area contributed by atoms with E-state index in [1.54, 1.807) is 0 Å². The van der Waals surface area contributed by atoms with E-state index < -0.39 is 5.97 Å². The third-order valence-corrected chi connectivity index (χ3v) is 1.18. The van der Waals surface area contributed by atoms with Crippen LogP contribution < -0.4 is 0 Å². The highest BCUT2D eigenvalue weighted by Gasteiger charge is 2.06. The number of hydrogen-bond acceptors (Lipinski definition) is 3. The third kappa shape index (κ3) is 5.75. The lowest BCUT2D eigenvalue weighted by atomic mass is 10.2. The van der Waals surface area contributed by atoms with Crippen LogP contribution in [0.4, 0.5) is 0 Å². The average molecular weight is 190 g/mol. The van der Waals surface area contributed by atoms with Crippen molar-refractivity contribution in [2.75, 3.05) is 7.11 Å². The molecule has 0 aromatic rings. The van der Waals surface area contributed by atoms with Gasteiger partial charge in [-0.3, -0.25) is 5.41 Å². The molecule has 0 saturated carbocycles. The molecule has 0 aromatic carbocycles. The van der Waals surface area contributed by atoms with Gasteiger partial charge in [0.15, 0.2) is 0 Å². The smallest absolute Gasteiger partial charge is 0.351 e. The van der Waals surface area contributed by atoms with E-state index in [1.807, 2.05) is 0 Å². The van der Waals surface area contributed by atoms with Crippen LogP contribution in [-0.2, 0) is 9.53 Å². The SMILES string of the molecule is C#CCCCC(=N)C(=O)OC.Cl. The van der Waals surface area contributed by atoms with Gasteiger partial charge >= 0.3 is 5.97 Å². The summed E-state index contributed by atoms with van der Waals surface area (Å²) >= 11 is 0. The fraction of sp³-hybridized carbons (Fsp3) is 0.500. The average Bonchev–Trinajstić information content (AvgIpc) is 2.03. The Morgan fingerprint density at radius 3 is 2.67 bits per heavy atom. The van der Waals surface area contributed by atoms with Crippen LogP contribution in [0.25, 0.3) is 0 Å². The van der Waals surface area contributed by atoms with Gasteiger partial charge in [0, 0.05) is 6.42 Å². The van der Waals surface area contributed by atoms with E-state index in [9.17, 15) is 4.79 Å². The topological polar surface area (TPSA) is 50.2 Å². The van der Waals surface area contributed by atoms with E-state index in [0.717, 1.165) is 0 Å². The number of carbonyl (C=O) groups is 1. The fourth-order valence-electron chi connectivity index (χ4n) is 0.592. The van der Waals surface area contributed by atoms with Crippen molar-refractivity contribution in [3.8, 4) is 12.3 Å². The minimum atomic E-state index is -0.568. The second-order valence-corrected chi connectivity index (χ2v) is 2.03. The van der Waals surface area contributed by atoms with E-state index in [2.05, 4.69) is 10.7 Å². The van der Waals surface area contributed by atoms with Gasteiger partial charge in [-0.1, -0.05) is 0 Å². The summed E-state index contributed by atoms with van der Waals surface area (Å²) in [5, 5.41) is 7.13. The summed E-state index contributed by atoms with van der Waals surface area (Å²) in [6, 6.07) is 0. The molecule has 0 atom stereocenters. The van der Waals surface area contributed by atoms with Gasteiger partial charge < -0.3 is 4.74 Å². The Hall–Kier alpha value is -1.01. The van der Waals surface area contributed by atoms with Gasteiger partial charge in [-0.15, -0.1) is 24.8 Å². The summed E-state index contributed by atoms with van der Waals surface area (Å²) in [5.41, 5.74) is -0.0113. The predicted molar refractivity (Wildman–Crippen MR) is 49.7 cm³/mol. The molecule has 0 fully saturated rings. The largest absolute Gasteiger partial charge is 0.465 e. The maximum atomic E-state index is 10.6. The maximum absolute atomic E-state index is 10.6. The van der Waals surface area contributed by atoms with Gasteiger partial charge in [-0.05, 0) is 12.8 Å². The molecule has 0 spiro atoms. The summed E-state index contributed by atoms with van der Waals surface area (Å²) < 4.78 is 4.33. The van der Waals surface area contributed by atoms with Crippen LogP contribution in [0.5, 0.6) is 0 Å². The first kappa shape index (κ1) is 13.6. The van der Waals surface area contributed by atoms with Gasteiger partial charge in [0.05, 0.1) is 7.11 Å². The number of esters is 1. The monoisotopic (exact) mass is 189 g/mol. The summed E-state index contributed by atoms with van der Waals surface area (Å²) in [7, 11) is 1.26. The highest BCUT2D eigenvalue weighted by Crippen LogP contribution is 1.96. The molecule has 0 amide bonds. The summed E-state index contributed by atoms with van der Waals surface area (Å²) in [6.45, 7) is 0. The van der Waals surface area contributed by atoms with Crippen LogP contribution in [0, 0.1) is 17.8 Å². The number of carbonyl (C=O) groups excluding carboxylic acids is 1. The number of methoxy groups -OCH3 is 1. The zero-order valence-electron chi connectivity index (χ0n) is 6.92. The molecular weight excluding hydrogens is 178 g/mol. The Morgan fingerprint density at radius 1 is 1.67 bits per heavy atom. The standard InChI is InChI=1S/C8H11NO2.ClH/c1-3-4-5-6-7(9)8(10)11-2;/h1,9H,4-6H2,2H3;1H. The number of halogens is 1. The zero-order valence-corrected chi connectivity index (χ0v) is 7.74. The van der Waals surface area contributed by atoms with E-state index >= 15 is 0 Å². The Morgan fingerprint density at radius 2 is 2.25 bits per heavy atom. The molecule has 0 aliphatic rings. The van der Waals surface area contributed by atoms with Crippen molar-refractivity contribution in [3.63, 3.8) is 0 Å². The highest BCUT2D eigenvalue weighted by atomic mass is 35.5. The van der Waals surface area contributed by atoms with E-state index in [0.29, 0.717) is 19.3 Å². The molecule has 0 aliphatic carbocycles. The molecule has 0 saturated heterocycles. The molecule has 12 heavy (non-hydrogen) atoms. The first-order valence-corrected chi connectivity index (χ1v) is 3.31. The molecule has 1 N–H and O–H groups in total. The Bertz CT molecular complexity index is 196. The lowest BCUT2D eigenvalue weighted by molar-refractivity contribution is -0.132. The van der Waals surface area contributed by atoms with Crippen molar-refractivity contribution >= 4 is 24.1 Å². The minimum Gasteiger partial charge on any atom is -0.465 e. The Balaban J connectivity index is 0. The number of terminal acetylenes is 1. The molecule has 3 nitrogen and oxygen atoms in total. The van der Waals surface area contributed by atoms with Crippen molar-refractivity contribution < 1.29 is 9.53 Å². The quantitative estimate of drug-likeness (QED) is 0.315. The normalized spacial score (nSPS) is 7.67. The summed E-state index contributed by atoms with van der Waals surface area (Å²) in [5.74, 6) is 1.86. The second kappa shape index (κ2) is 8.09. The number of ether oxygens (including phenoxy) is 1. The number of rotatable bonds is 4. The van der Waals surface area contributed by atoms with Gasteiger partial charge in [-0.2, -0.15) is 0 Å². The van der Waals surface area contributed by atoms with Crippen LogP contribution in [-0.4, -0.2) is 18.8 Å². The first-order chi connectivity index (χ1) is 5.22. The third-order valence-electron chi connectivity index (χ3n) is 1.18. The summed E-state index contributed by atoms with van der Waals surface area (Å²) in [4.78, 5) is 10.6. The molecule has 0 bridgehead atoms. The molecule has 0 aromatic heterocycles. The first-order valence-electron chi connectivity index (χ1n) is 3.31. The Kier molecular flexibility index (Phi) is 9.15. The molecule has 0 unspecified atom stereocenters. The number of nitrogens with one attached hydrogen (secondary N) is 1. The van der Waals surface area contributed by atoms with Crippen LogP contribution in [0.2, 0.25) is 0 Å². The molecule has 4 heteroatoms. The van der Waals surface area contributed by atoms with Crippen LogP contribution in [0.15, 0.2) is 0 Å². The van der Waals surface area contributed by atoms with E-state index in [4.69, 9.17) is 11.8 Å². The molecule has 68 valence electrons. The van der Waals surface area contributed by atoms with Gasteiger partial charge in [0.2, 0.25) is 0 Å². The molecular formula is C8H12ClNO2. The highest BCUT2D eigenvalue weighted by molar-refractivity contribution is 6.34. The molecule has 0 aliphatic heterocycles. The van der Waals surface area contributed by atoms with E-state index in [-0.39, 0.29) is 18.1 Å². The Labute approximate surface area is 78.4 Å². The molecule has 0 rings (SSSR count). The maximum Gasteiger partial charge on any atom is 0.351 e. The van der Waals surface area contributed by atoms with Crippen LogP contribution in [0.1, 0.15) is 19.3 Å². The van der Waals surface area contributed by atoms with Gasteiger partial charge in [0.1, 0.15) is 5.71 Å². The second-order valence-electron chi connectivity index (χ2n) is 2.03. The molecule has 0 heterocycles. The van der Waals surface area contributed by atoms with Crippen molar-refractivity contribution in [1.82, 2.24) is 0 Å². The fourth-order valence-corrected chi connectivity index (χ4v) is 0.592. The summed E-state index contributed by atoms with van der Waals surface area (Å²) in [6.07, 6.45) is 6.65. The van der Waals surface area contributed by atoms with Crippen LogP contribution in [0.3, 0.4) is 0 Å². The predicted octanol–water partition coefficient (Wildman–Crippen LogP) is 1.40. The zero-order chi connectivity index (χ0) is 8.69. The lowest BCUT2D eigenvalue weighted by Crippen LogP contribution is -2.13. The van der Waals surface area contributed by atoms with Crippen molar-refractivity contribution in [2.45, 2.75) is 19.3 Å². The molecule has 0 radical (unpaired) electrons. The van der Waals surface area contributed by atoms with Crippen molar-refractivity contribution in [1.29, 1.82) is 5.41 Å².